The molecule has 0 bridgehead atoms. The lowest BCUT2D eigenvalue weighted by atomic mass is 9.58. The van der Waals surface area contributed by atoms with Crippen LogP contribution in [0.5, 0.6) is 0 Å². The van der Waals surface area contributed by atoms with Crippen molar-refractivity contribution in [1.29, 1.82) is 15.8 Å². The number of hydrogen-bond donors (Lipinski definition) is 1. The minimum absolute atomic E-state index is 0.0790. The summed E-state index contributed by atoms with van der Waals surface area (Å²) >= 11 is 0. The Kier molecular flexibility index (Phi) is 5.49. The van der Waals surface area contributed by atoms with Crippen molar-refractivity contribution in [3.63, 3.8) is 0 Å². The van der Waals surface area contributed by atoms with Crippen molar-refractivity contribution in [2.24, 2.45) is 17.1 Å². The van der Waals surface area contributed by atoms with Gasteiger partial charge in [0.05, 0.1) is 23.4 Å². The molecule has 1 aliphatic heterocycles. The van der Waals surface area contributed by atoms with Gasteiger partial charge >= 0.3 is 6.09 Å². The van der Waals surface area contributed by atoms with Gasteiger partial charge in [-0.2, -0.15) is 15.8 Å². The Balaban J connectivity index is 2.18. The zero-order valence-corrected chi connectivity index (χ0v) is 17.5. The van der Waals surface area contributed by atoms with Gasteiger partial charge in [-0.3, -0.25) is 0 Å². The van der Waals surface area contributed by atoms with E-state index in [2.05, 4.69) is 0 Å². The molecule has 158 valence electrons. The highest BCUT2D eigenvalue weighted by atomic mass is 19.1. The lowest BCUT2D eigenvalue weighted by molar-refractivity contribution is 0.0224. The van der Waals surface area contributed by atoms with Gasteiger partial charge in [0.25, 0.3) is 0 Å². The zero-order valence-electron chi connectivity index (χ0n) is 17.5. The molecule has 0 aromatic heterocycles. The second kappa shape index (κ2) is 7.78. The fourth-order valence-corrected chi connectivity index (χ4v) is 4.20. The van der Waals surface area contributed by atoms with Crippen LogP contribution in [0.15, 0.2) is 47.2 Å². The van der Waals surface area contributed by atoms with Gasteiger partial charge in [-0.1, -0.05) is 18.2 Å². The smallest absolute Gasteiger partial charge is 0.410 e. The summed E-state index contributed by atoms with van der Waals surface area (Å²) in [5.74, 6) is -1.85. The standard InChI is InChI=1S/C23H22FN5O2/c1-22(2,3)31-21(30)29-9-8-16-17(10-25)20(28)23(12-26,13-27)19(18(16)11-29)14-4-6-15(24)7-5-14/h4-8,18-19H,9,11,28H2,1-3H3. The van der Waals surface area contributed by atoms with Gasteiger partial charge < -0.3 is 15.4 Å². The first kappa shape index (κ1) is 21.9. The van der Waals surface area contributed by atoms with E-state index in [4.69, 9.17) is 10.5 Å². The number of halogens is 1. The number of allylic oxidation sites excluding steroid dienone is 2. The fraction of sp³-hybridized carbons (Fsp3) is 0.391. The van der Waals surface area contributed by atoms with E-state index in [0.29, 0.717) is 11.1 Å². The highest BCUT2D eigenvalue weighted by molar-refractivity contribution is 5.70. The van der Waals surface area contributed by atoms with Crippen LogP contribution < -0.4 is 5.73 Å². The molecule has 2 aliphatic rings. The summed E-state index contributed by atoms with van der Waals surface area (Å²) in [4.78, 5) is 14.1. The lowest BCUT2D eigenvalue weighted by Crippen LogP contribution is -2.50. The SMILES string of the molecule is CC(C)(C)OC(=O)N1CC=C2C(C#N)=C(N)C(C#N)(C#N)C(c3ccc(F)cc3)C2C1. The summed E-state index contributed by atoms with van der Waals surface area (Å²) in [5.41, 5.74) is 4.73. The maximum atomic E-state index is 13.6. The van der Waals surface area contributed by atoms with Crippen molar-refractivity contribution < 1.29 is 13.9 Å². The molecule has 0 spiro atoms. The normalized spacial score (nSPS) is 22.4. The van der Waals surface area contributed by atoms with Crippen LogP contribution in [-0.4, -0.2) is 29.7 Å². The van der Waals surface area contributed by atoms with E-state index in [1.54, 1.807) is 26.8 Å². The number of carbonyl (C=O) groups excluding carboxylic acids is 1. The number of hydrogen-bond acceptors (Lipinski definition) is 6. The molecule has 8 heteroatoms. The maximum Gasteiger partial charge on any atom is 0.410 e. The molecule has 0 saturated heterocycles. The van der Waals surface area contributed by atoms with Crippen molar-refractivity contribution in [2.45, 2.75) is 32.3 Å². The molecular formula is C23H22FN5O2. The molecule has 1 aromatic carbocycles. The van der Waals surface area contributed by atoms with Crippen LogP contribution in [0.1, 0.15) is 32.3 Å². The number of amides is 1. The number of nitrogens with two attached hydrogens (primary N) is 1. The van der Waals surface area contributed by atoms with Crippen LogP contribution in [0, 0.1) is 51.1 Å². The molecule has 7 nitrogen and oxygen atoms in total. The highest BCUT2D eigenvalue weighted by Crippen LogP contribution is 2.54. The van der Waals surface area contributed by atoms with Crippen molar-refractivity contribution in [2.75, 3.05) is 13.1 Å². The third-order valence-corrected chi connectivity index (χ3v) is 5.55. The van der Waals surface area contributed by atoms with Crippen molar-refractivity contribution >= 4 is 6.09 Å². The molecule has 3 rings (SSSR count). The Morgan fingerprint density at radius 1 is 1.23 bits per heavy atom. The maximum absolute atomic E-state index is 13.6. The quantitative estimate of drug-likeness (QED) is 0.742. The summed E-state index contributed by atoms with van der Waals surface area (Å²) in [5, 5.41) is 29.8. The largest absolute Gasteiger partial charge is 0.444 e. The summed E-state index contributed by atoms with van der Waals surface area (Å²) < 4.78 is 19.0. The minimum Gasteiger partial charge on any atom is -0.444 e. The molecule has 0 radical (unpaired) electrons. The molecule has 2 N–H and O–H groups in total. The monoisotopic (exact) mass is 419 g/mol. The average molecular weight is 419 g/mol. The van der Waals surface area contributed by atoms with Crippen LogP contribution in [0.4, 0.5) is 9.18 Å². The van der Waals surface area contributed by atoms with E-state index >= 15 is 0 Å². The van der Waals surface area contributed by atoms with E-state index in [9.17, 15) is 25.0 Å². The summed E-state index contributed by atoms with van der Waals surface area (Å²) in [7, 11) is 0. The molecule has 0 fully saturated rings. The van der Waals surface area contributed by atoms with Gasteiger partial charge in [0.15, 0.2) is 5.41 Å². The van der Waals surface area contributed by atoms with Gasteiger partial charge in [-0.15, -0.1) is 0 Å². The van der Waals surface area contributed by atoms with Crippen LogP contribution in [0.3, 0.4) is 0 Å². The van der Waals surface area contributed by atoms with E-state index in [1.165, 1.54) is 29.2 Å². The molecule has 1 aromatic rings. The Morgan fingerprint density at radius 3 is 2.35 bits per heavy atom. The number of nitriles is 3. The van der Waals surface area contributed by atoms with Gasteiger partial charge in [-0.05, 0) is 44.0 Å². The number of carbonyl (C=O) groups is 1. The van der Waals surface area contributed by atoms with Crippen molar-refractivity contribution in [3.8, 4) is 18.2 Å². The Hall–Kier alpha value is -3.83. The third-order valence-electron chi connectivity index (χ3n) is 5.55. The predicted octanol–water partition coefficient (Wildman–Crippen LogP) is 3.49. The molecule has 1 aliphatic carbocycles. The fourth-order valence-electron chi connectivity index (χ4n) is 4.20. The van der Waals surface area contributed by atoms with Crippen molar-refractivity contribution in [1.82, 2.24) is 4.90 Å². The van der Waals surface area contributed by atoms with E-state index in [-0.39, 0.29) is 24.4 Å². The van der Waals surface area contributed by atoms with E-state index in [1.807, 2.05) is 18.2 Å². The Labute approximate surface area is 180 Å². The first-order valence-electron chi connectivity index (χ1n) is 9.74. The Bertz CT molecular complexity index is 1080. The van der Waals surface area contributed by atoms with Gasteiger partial charge in [0, 0.05) is 24.9 Å². The second-order valence-electron chi connectivity index (χ2n) is 8.61. The van der Waals surface area contributed by atoms with Crippen LogP contribution in [-0.2, 0) is 4.74 Å². The lowest BCUT2D eigenvalue weighted by Gasteiger charge is -2.45. The summed E-state index contributed by atoms with van der Waals surface area (Å²) in [6.45, 7) is 5.58. The molecule has 2 atom stereocenters. The zero-order chi connectivity index (χ0) is 23.0. The number of benzene rings is 1. The number of nitrogens with zero attached hydrogens (tertiary/aromatic N) is 4. The van der Waals surface area contributed by atoms with E-state index in [0.717, 1.165) is 0 Å². The molecule has 31 heavy (non-hydrogen) atoms. The van der Waals surface area contributed by atoms with Crippen LogP contribution in [0.25, 0.3) is 0 Å². The molecule has 1 heterocycles. The molecule has 0 saturated carbocycles. The van der Waals surface area contributed by atoms with Gasteiger partial charge in [0.2, 0.25) is 0 Å². The summed E-state index contributed by atoms with van der Waals surface area (Å²) in [6.07, 6.45) is 1.17. The number of rotatable bonds is 1. The van der Waals surface area contributed by atoms with Crippen molar-refractivity contribution in [3.05, 3.63) is 58.6 Å². The number of ether oxygens (including phenoxy) is 1. The van der Waals surface area contributed by atoms with E-state index < -0.39 is 34.8 Å². The Morgan fingerprint density at radius 2 is 1.84 bits per heavy atom. The van der Waals surface area contributed by atoms with Gasteiger partial charge in [-0.25, -0.2) is 9.18 Å². The highest BCUT2D eigenvalue weighted by Gasteiger charge is 2.54. The van der Waals surface area contributed by atoms with Crippen LogP contribution in [0.2, 0.25) is 0 Å². The first-order valence-corrected chi connectivity index (χ1v) is 9.74. The average Bonchev–Trinajstić information content (AvgIpc) is 2.72. The van der Waals surface area contributed by atoms with Crippen LogP contribution >= 0.6 is 0 Å². The predicted molar refractivity (Wildman–Crippen MR) is 109 cm³/mol. The first-order chi connectivity index (χ1) is 14.6. The molecule has 1 amide bonds. The minimum atomic E-state index is -1.85. The third kappa shape index (κ3) is 3.71. The van der Waals surface area contributed by atoms with Gasteiger partial charge in [0.1, 0.15) is 17.5 Å². The second-order valence-corrected chi connectivity index (χ2v) is 8.61. The molecular weight excluding hydrogens is 397 g/mol. The topological polar surface area (TPSA) is 127 Å². The number of fused-ring (bicyclic) bond motifs is 1. The molecule has 2 unspecified atom stereocenters. The summed E-state index contributed by atoms with van der Waals surface area (Å²) in [6, 6.07) is 11.5.